The molecule has 0 aliphatic heterocycles. The van der Waals surface area contributed by atoms with Crippen LogP contribution in [0.4, 0.5) is 0 Å². The number of hydrazone groups is 1. The van der Waals surface area contributed by atoms with Crippen LogP contribution in [0, 0.1) is 0 Å². The minimum absolute atomic E-state index is 0.0408. The van der Waals surface area contributed by atoms with E-state index in [0.29, 0.717) is 27.2 Å². The van der Waals surface area contributed by atoms with Crippen molar-refractivity contribution in [3.05, 3.63) is 63.7 Å². The van der Waals surface area contributed by atoms with E-state index in [1.807, 2.05) is 0 Å². The highest BCUT2D eigenvalue weighted by molar-refractivity contribution is 6.31. The van der Waals surface area contributed by atoms with Gasteiger partial charge in [0.05, 0.1) is 30.6 Å². The van der Waals surface area contributed by atoms with Crippen LogP contribution in [0.2, 0.25) is 5.02 Å². The molecule has 0 aliphatic carbocycles. The summed E-state index contributed by atoms with van der Waals surface area (Å²) in [5.41, 5.74) is 2.80. The zero-order chi connectivity index (χ0) is 19.4. The lowest BCUT2D eigenvalue weighted by atomic mass is 10.2. The molecule has 8 nitrogen and oxygen atoms in total. The van der Waals surface area contributed by atoms with Gasteiger partial charge in [0.2, 0.25) is 0 Å². The number of rotatable bonds is 5. The Kier molecular flexibility index (Phi) is 5.37. The van der Waals surface area contributed by atoms with Crippen LogP contribution >= 0.6 is 11.6 Å². The summed E-state index contributed by atoms with van der Waals surface area (Å²) in [6.07, 6.45) is 2.57. The minimum atomic E-state index is -0.517. The highest BCUT2D eigenvalue weighted by Gasteiger charge is 2.08. The molecule has 0 aliphatic rings. The number of ether oxygens (including phenoxy) is 1. The Morgan fingerprint density at radius 2 is 2.19 bits per heavy atom. The van der Waals surface area contributed by atoms with Gasteiger partial charge in [-0.15, -0.1) is 0 Å². The third-order valence-electron chi connectivity index (χ3n) is 3.73. The number of hydrogen-bond donors (Lipinski definition) is 2. The normalized spacial score (nSPS) is 11.0. The number of nitrogens with zero attached hydrogens (tertiary/aromatic N) is 3. The third-order valence-corrected chi connectivity index (χ3v) is 3.97. The van der Waals surface area contributed by atoms with Crippen LogP contribution in [-0.2, 0) is 11.3 Å². The first-order chi connectivity index (χ1) is 13.0. The predicted octanol–water partition coefficient (Wildman–Crippen LogP) is 1.91. The summed E-state index contributed by atoms with van der Waals surface area (Å²) in [6.45, 7) is -0.254. The molecule has 0 unspecified atom stereocenters. The van der Waals surface area contributed by atoms with Crippen molar-refractivity contribution in [2.75, 3.05) is 7.11 Å². The molecule has 0 spiro atoms. The summed E-state index contributed by atoms with van der Waals surface area (Å²) < 4.78 is 6.16. The number of methoxy groups -OCH3 is 1. The lowest BCUT2D eigenvalue weighted by molar-refractivity contribution is -0.121. The lowest BCUT2D eigenvalue weighted by Gasteiger charge is -2.06. The van der Waals surface area contributed by atoms with E-state index < -0.39 is 5.91 Å². The fraction of sp³-hybridized carbons (Fsp3) is 0.111. The van der Waals surface area contributed by atoms with E-state index in [1.54, 1.807) is 30.3 Å². The SMILES string of the molecule is COc1ccc(/C=N/NC(=O)Cn2cnc3cc(Cl)ccc3c2=O)c(O)c1. The maximum Gasteiger partial charge on any atom is 0.261 e. The van der Waals surface area contributed by atoms with E-state index in [-0.39, 0.29) is 17.9 Å². The number of hydrogen-bond acceptors (Lipinski definition) is 6. The van der Waals surface area contributed by atoms with Gasteiger partial charge in [0.25, 0.3) is 11.5 Å². The Morgan fingerprint density at radius 1 is 1.37 bits per heavy atom. The molecule has 9 heteroatoms. The average Bonchev–Trinajstić information content (AvgIpc) is 2.65. The first kappa shape index (κ1) is 18.4. The second kappa shape index (κ2) is 7.88. The summed E-state index contributed by atoms with van der Waals surface area (Å²) in [5, 5.41) is 14.4. The van der Waals surface area contributed by atoms with E-state index in [4.69, 9.17) is 16.3 Å². The monoisotopic (exact) mass is 386 g/mol. The minimum Gasteiger partial charge on any atom is -0.507 e. The van der Waals surface area contributed by atoms with Gasteiger partial charge in [0.1, 0.15) is 18.0 Å². The Hall–Kier alpha value is -3.39. The number of phenolic OH excluding ortho intramolecular Hbond substituents is 1. The van der Waals surface area contributed by atoms with Crippen molar-refractivity contribution in [1.29, 1.82) is 0 Å². The fourth-order valence-corrected chi connectivity index (χ4v) is 2.53. The summed E-state index contributed by atoms with van der Waals surface area (Å²) in [7, 11) is 1.49. The Morgan fingerprint density at radius 3 is 2.93 bits per heavy atom. The van der Waals surface area contributed by atoms with Gasteiger partial charge >= 0.3 is 0 Å². The largest absolute Gasteiger partial charge is 0.507 e. The molecule has 3 aromatic rings. The van der Waals surface area contributed by atoms with Gasteiger partial charge in [-0.3, -0.25) is 14.2 Å². The number of aromatic hydroxyl groups is 1. The van der Waals surface area contributed by atoms with Crippen molar-refractivity contribution in [3.8, 4) is 11.5 Å². The molecule has 3 rings (SSSR count). The van der Waals surface area contributed by atoms with Crippen molar-refractivity contribution in [3.63, 3.8) is 0 Å². The molecule has 1 aromatic heterocycles. The number of halogens is 1. The van der Waals surface area contributed by atoms with E-state index in [2.05, 4.69) is 15.5 Å². The zero-order valence-electron chi connectivity index (χ0n) is 14.2. The number of aromatic nitrogens is 2. The molecular weight excluding hydrogens is 372 g/mol. The maximum absolute atomic E-state index is 12.4. The molecule has 0 radical (unpaired) electrons. The summed E-state index contributed by atoms with van der Waals surface area (Å²) >= 11 is 5.88. The highest BCUT2D eigenvalue weighted by atomic mass is 35.5. The van der Waals surface area contributed by atoms with Crippen molar-refractivity contribution in [2.24, 2.45) is 5.10 Å². The molecule has 2 aromatic carbocycles. The quantitative estimate of drug-likeness (QED) is 0.514. The second-order valence-electron chi connectivity index (χ2n) is 5.56. The number of benzene rings is 2. The molecule has 0 saturated heterocycles. The first-order valence-corrected chi connectivity index (χ1v) is 8.19. The van der Waals surface area contributed by atoms with Gasteiger partial charge in [-0.1, -0.05) is 11.6 Å². The van der Waals surface area contributed by atoms with Crippen molar-refractivity contribution in [1.82, 2.24) is 15.0 Å². The summed E-state index contributed by atoms with van der Waals surface area (Å²) in [6, 6.07) is 9.39. The summed E-state index contributed by atoms with van der Waals surface area (Å²) in [5.74, 6) is -0.0597. The Bertz CT molecular complexity index is 1090. The van der Waals surface area contributed by atoms with Crippen molar-refractivity contribution >= 4 is 34.6 Å². The van der Waals surface area contributed by atoms with Gasteiger partial charge in [-0.05, 0) is 30.3 Å². The third kappa shape index (κ3) is 4.24. The van der Waals surface area contributed by atoms with Crippen LogP contribution in [0.25, 0.3) is 10.9 Å². The summed E-state index contributed by atoms with van der Waals surface area (Å²) in [4.78, 5) is 28.5. The molecule has 1 amide bonds. The number of carbonyl (C=O) groups excluding carboxylic acids is 1. The molecule has 0 saturated carbocycles. The highest BCUT2D eigenvalue weighted by Crippen LogP contribution is 2.21. The second-order valence-corrected chi connectivity index (χ2v) is 5.99. The van der Waals surface area contributed by atoms with Crippen molar-refractivity contribution in [2.45, 2.75) is 6.54 Å². The first-order valence-electron chi connectivity index (χ1n) is 7.81. The average molecular weight is 387 g/mol. The van der Waals surface area contributed by atoms with E-state index in [0.717, 1.165) is 0 Å². The van der Waals surface area contributed by atoms with Gasteiger partial charge in [0, 0.05) is 16.7 Å². The van der Waals surface area contributed by atoms with Crippen molar-refractivity contribution < 1.29 is 14.6 Å². The van der Waals surface area contributed by atoms with Crippen LogP contribution in [0.5, 0.6) is 11.5 Å². The lowest BCUT2D eigenvalue weighted by Crippen LogP contribution is -2.30. The topological polar surface area (TPSA) is 106 Å². The standard InChI is InChI=1S/C18H15ClN4O4/c1-27-13-4-2-11(16(24)7-13)8-21-22-17(25)9-23-10-20-15-6-12(19)3-5-14(15)18(23)26/h2-8,10,24H,9H2,1H3,(H,22,25)/b21-8+. The number of amides is 1. The van der Waals surface area contributed by atoms with Gasteiger partial charge in [-0.25, -0.2) is 10.4 Å². The molecule has 2 N–H and O–H groups in total. The number of nitrogens with one attached hydrogen (secondary N) is 1. The molecule has 138 valence electrons. The van der Waals surface area contributed by atoms with Crippen LogP contribution in [-0.4, -0.2) is 33.9 Å². The fourth-order valence-electron chi connectivity index (χ4n) is 2.37. The van der Waals surface area contributed by atoms with Crippen LogP contribution in [0.15, 0.2) is 52.6 Å². The number of carbonyl (C=O) groups is 1. The van der Waals surface area contributed by atoms with Crippen LogP contribution in [0.3, 0.4) is 0 Å². The Balaban J connectivity index is 1.69. The van der Waals surface area contributed by atoms with Crippen LogP contribution < -0.4 is 15.7 Å². The van der Waals surface area contributed by atoms with Crippen LogP contribution in [0.1, 0.15) is 5.56 Å². The van der Waals surface area contributed by atoms with Gasteiger partial charge in [-0.2, -0.15) is 5.10 Å². The molecule has 0 fully saturated rings. The van der Waals surface area contributed by atoms with Gasteiger partial charge in [0.15, 0.2) is 0 Å². The molecule has 0 atom stereocenters. The van der Waals surface area contributed by atoms with E-state index in [1.165, 1.54) is 30.3 Å². The Labute approximate surface area is 158 Å². The maximum atomic E-state index is 12.4. The van der Waals surface area contributed by atoms with E-state index in [9.17, 15) is 14.7 Å². The zero-order valence-corrected chi connectivity index (χ0v) is 15.0. The number of phenols is 1. The smallest absolute Gasteiger partial charge is 0.261 e. The number of fused-ring (bicyclic) bond motifs is 1. The molecule has 0 bridgehead atoms. The van der Waals surface area contributed by atoms with E-state index >= 15 is 0 Å². The molecule has 1 heterocycles. The molecule has 27 heavy (non-hydrogen) atoms. The molecular formula is C18H15ClN4O4. The predicted molar refractivity (Wildman–Crippen MR) is 101 cm³/mol. The van der Waals surface area contributed by atoms with Gasteiger partial charge < -0.3 is 9.84 Å².